The molecule has 5 heteroatoms. The van der Waals surface area contributed by atoms with Crippen molar-refractivity contribution in [2.75, 3.05) is 14.2 Å². The lowest BCUT2D eigenvalue weighted by molar-refractivity contribution is 0.104. The van der Waals surface area contributed by atoms with E-state index >= 15 is 0 Å². The van der Waals surface area contributed by atoms with E-state index in [1.807, 2.05) is 0 Å². The minimum atomic E-state index is -0.248. The number of methoxy groups -OCH3 is 2. The third kappa shape index (κ3) is 3.38. The smallest absolute Gasteiger partial charge is 0.200 e. The van der Waals surface area contributed by atoms with Gasteiger partial charge in [-0.3, -0.25) is 4.79 Å². The Morgan fingerprint density at radius 2 is 1.68 bits per heavy atom. The molecule has 0 saturated carbocycles. The summed E-state index contributed by atoms with van der Waals surface area (Å²) in [5.74, 6) is 0.197. The van der Waals surface area contributed by atoms with Crippen LogP contribution in [-0.4, -0.2) is 30.2 Å². The van der Waals surface area contributed by atoms with Crippen molar-refractivity contribution < 1.29 is 24.5 Å². The van der Waals surface area contributed by atoms with Gasteiger partial charge in [0, 0.05) is 5.56 Å². The van der Waals surface area contributed by atoms with Gasteiger partial charge in [0.15, 0.2) is 17.3 Å². The summed E-state index contributed by atoms with van der Waals surface area (Å²) in [7, 11) is 2.86. The summed E-state index contributed by atoms with van der Waals surface area (Å²) in [6, 6.07) is 9.28. The van der Waals surface area contributed by atoms with Crippen LogP contribution in [-0.2, 0) is 0 Å². The summed E-state index contributed by atoms with van der Waals surface area (Å²) in [5.41, 5.74) is 1.02. The molecule has 22 heavy (non-hydrogen) atoms. The first-order chi connectivity index (χ1) is 10.5. The Bertz CT molecular complexity index is 694. The lowest BCUT2D eigenvalue weighted by Crippen LogP contribution is -1.94. The van der Waals surface area contributed by atoms with E-state index in [2.05, 4.69) is 0 Å². The number of allylic oxidation sites excluding steroid dienone is 1. The van der Waals surface area contributed by atoms with Gasteiger partial charge < -0.3 is 19.7 Å². The van der Waals surface area contributed by atoms with Crippen LogP contribution in [0.4, 0.5) is 0 Å². The van der Waals surface area contributed by atoms with Crippen LogP contribution in [0.3, 0.4) is 0 Å². The Morgan fingerprint density at radius 3 is 2.23 bits per heavy atom. The number of benzene rings is 2. The minimum absolute atomic E-state index is 0.0345. The van der Waals surface area contributed by atoms with E-state index in [1.165, 1.54) is 32.4 Å². The second-order valence-corrected chi connectivity index (χ2v) is 4.52. The minimum Gasteiger partial charge on any atom is -0.508 e. The zero-order chi connectivity index (χ0) is 16.1. The van der Waals surface area contributed by atoms with Gasteiger partial charge in [-0.1, -0.05) is 18.2 Å². The van der Waals surface area contributed by atoms with E-state index in [0.717, 1.165) is 0 Å². The molecule has 0 heterocycles. The number of ether oxygens (including phenoxy) is 2. The molecule has 0 amide bonds. The van der Waals surface area contributed by atoms with Gasteiger partial charge in [0.25, 0.3) is 0 Å². The van der Waals surface area contributed by atoms with E-state index in [4.69, 9.17) is 9.47 Å². The lowest BCUT2D eigenvalue weighted by atomic mass is 10.1. The van der Waals surface area contributed by atoms with Crippen molar-refractivity contribution in [3.8, 4) is 23.0 Å². The number of carbonyl (C=O) groups is 1. The van der Waals surface area contributed by atoms with Crippen LogP contribution in [0, 0.1) is 0 Å². The maximum atomic E-state index is 12.0. The lowest BCUT2D eigenvalue weighted by Gasteiger charge is -2.09. The molecule has 2 rings (SSSR count). The van der Waals surface area contributed by atoms with Crippen molar-refractivity contribution in [3.63, 3.8) is 0 Å². The number of carbonyl (C=O) groups excluding carboxylic acids is 1. The number of phenols is 2. The Morgan fingerprint density at radius 1 is 1.05 bits per heavy atom. The van der Waals surface area contributed by atoms with Gasteiger partial charge in [-0.05, 0) is 35.9 Å². The summed E-state index contributed by atoms with van der Waals surface area (Å²) in [5, 5.41) is 19.2. The number of rotatable bonds is 5. The first kappa shape index (κ1) is 15.4. The summed E-state index contributed by atoms with van der Waals surface area (Å²) >= 11 is 0. The SMILES string of the molecule is COc1cc(/C=C/C(=O)c2cccc(O)c2)cc(OC)c1O. The molecule has 0 aliphatic heterocycles. The molecule has 0 fully saturated rings. The molecule has 0 radical (unpaired) electrons. The van der Waals surface area contributed by atoms with E-state index in [-0.39, 0.29) is 28.8 Å². The van der Waals surface area contributed by atoms with E-state index in [1.54, 1.807) is 30.3 Å². The molecule has 0 bridgehead atoms. The Kier molecular flexibility index (Phi) is 4.68. The van der Waals surface area contributed by atoms with E-state index in [9.17, 15) is 15.0 Å². The van der Waals surface area contributed by atoms with Gasteiger partial charge in [0.1, 0.15) is 5.75 Å². The molecule has 2 N–H and O–H groups in total. The van der Waals surface area contributed by atoms with Gasteiger partial charge in [-0.2, -0.15) is 0 Å². The first-order valence-corrected chi connectivity index (χ1v) is 6.51. The molecule has 0 unspecified atom stereocenters. The average Bonchev–Trinajstić information content (AvgIpc) is 2.53. The van der Waals surface area contributed by atoms with Crippen molar-refractivity contribution in [1.82, 2.24) is 0 Å². The predicted octanol–water partition coefficient (Wildman–Crippen LogP) is 3.01. The predicted molar refractivity (Wildman–Crippen MR) is 82.7 cm³/mol. The molecule has 0 aliphatic rings. The Hall–Kier alpha value is -2.95. The molecule has 0 aliphatic carbocycles. The van der Waals surface area contributed by atoms with Crippen molar-refractivity contribution in [1.29, 1.82) is 0 Å². The molecule has 0 saturated heterocycles. The summed E-state index contributed by atoms with van der Waals surface area (Å²) < 4.78 is 10.1. The molecule has 114 valence electrons. The standard InChI is InChI=1S/C17H16O5/c1-21-15-8-11(9-16(22-2)17(15)20)6-7-14(19)12-4-3-5-13(18)10-12/h3-10,18,20H,1-2H3/b7-6+. The maximum absolute atomic E-state index is 12.0. The number of ketones is 1. The van der Waals surface area contributed by atoms with E-state index in [0.29, 0.717) is 11.1 Å². The normalized spacial score (nSPS) is 10.6. The topological polar surface area (TPSA) is 76.0 Å². The average molecular weight is 300 g/mol. The summed E-state index contributed by atoms with van der Waals surface area (Å²) in [6.45, 7) is 0. The molecule has 5 nitrogen and oxygen atoms in total. The fourth-order valence-electron chi connectivity index (χ4n) is 1.94. The van der Waals surface area contributed by atoms with Crippen LogP contribution in [0.25, 0.3) is 6.08 Å². The highest BCUT2D eigenvalue weighted by Gasteiger charge is 2.10. The molecular formula is C17H16O5. The quantitative estimate of drug-likeness (QED) is 0.655. The molecule has 2 aromatic rings. The Balaban J connectivity index is 2.28. The summed E-state index contributed by atoms with van der Waals surface area (Å²) in [6.07, 6.45) is 2.96. The number of hydrogen-bond acceptors (Lipinski definition) is 5. The van der Waals surface area contributed by atoms with Gasteiger partial charge >= 0.3 is 0 Å². The van der Waals surface area contributed by atoms with Crippen LogP contribution in [0.5, 0.6) is 23.0 Å². The molecule has 0 spiro atoms. The fraction of sp³-hybridized carbons (Fsp3) is 0.118. The van der Waals surface area contributed by atoms with Crippen LogP contribution >= 0.6 is 0 Å². The maximum Gasteiger partial charge on any atom is 0.200 e. The highest BCUT2D eigenvalue weighted by Crippen LogP contribution is 2.37. The highest BCUT2D eigenvalue weighted by molar-refractivity contribution is 6.07. The molecule has 0 atom stereocenters. The number of phenolic OH excluding ortho intramolecular Hbond substituents is 2. The largest absolute Gasteiger partial charge is 0.508 e. The zero-order valence-corrected chi connectivity index (χ0v) is 12.2. The van der Waals surface area contributed by atoms with Gasteiger partial charge in [-0.15, -0.1) is 0 Å². The molecule has 2 aromatic carbocycles. The van der Waals surface area contributed by atoms with Crippen LogP contribution in [0.15, 0.2) is 42.5 Å². The van der Waals surface area contributed by atoms with Crippen molar-refractivity contribution in [3.05, 3.63) is 53.6 Å². The highest BCUT2D eigenvalue weighted by atomic mass is 16.5. The van der Waals surface area contributed by atoms with Crippen molar-refractivity contribution >= 4 is 11.9 Å². The second kappa shape index (κ2) is 6.67. The first-order valence-electron chi connectivity index (χ1n) is 6.51. The second-order valence-electron chi connectivity index (χ2n) is 4.52. The van der Waals surface area contributed by atoms with Gasteiger partial charge in [0.2, 0.25) is 5.75 Å². The number of hydrogen-bond donors (Lipinski definition) is 2. The van der Waals surface area contributed by atoms with Gasteiger partial charge in [0.05, 0.1) is 14.2 Å². The van der Waals surface area contributed by atoms with E-state index < -0.39 is 0 Å². The third-order valence-corrected chi connectivity index (χ3v) is 3.06. The monoisotopic (exact) mass is 300 g/mol. The number of aromatic hydroxyl groups is 2. The third-order valence-electron chi connectivity index (χ3n) is 3.06. The van der Waals surface area contributed by atoms with Crippen LogP contribution in [0.1, 0.15) is 15.9 Å². The van der Waals surface area contributed by atoms with Gasteiger partial charge in [-0.25, -0.2) is 0 Å². The summed E-state index contributed by atoms with van der Waals surface area (Å²) in [4.78, 5) is 12.0. The molecular weight excluding hydrogens is 284 g/mol. The Labute approximate surface area is 128 Å². The van der Waals surface area contributed by atoms with Crippen molar-refractivity contribution in [2.45, 2.75) is 0 Å². The van der Waals surface area contributed by atoms with Crippen LogP contribution in [0.2, 0.25) is 0 Å². The van der Waals surface area contributed by atoms with Crippen LogP contribution < -0.4 is 9.47 Å². The van der Waals surface area contributed by atoms with Crippen molar-refractivity contribution in [2.24, 2.45) is 0 Å². The molecule has 0 aromatic heterocycles. The zero-order valence-electron chi connectivity index (χ0n) is 12.2. The fourth-order valence-corrected chi connectivity index (χ4v) is 1.94.